The van der Waals surface area contributed by atoms with Crippen LogP contribution in [-0.2, 0) is 16.0 Å². The molecule has 0 bridgehead atoms. The summed E-state index contributed by atoms with van der Waals surface area (Å²) in [6.07, 6.45) is 3.04. The van der Waals surface area contributed by atoms with Gasteiger partial charge in [-0.2, -0.15) is 0 Å². The molecule has 0 saturated carbocycles. The Hall–Kier alpha value is -1.98. The fraction of sp³-hybridized carbons (Fsp3) is 0.333. The molecule has 0 amide bonds. The molecule has 0 aliphatic heterocycles. The second-order valence-corrected chi connectivity index (χ2v) is 2.90. The number of imidazole rings is 1. The summed E-state index contributed by atoms with van der Waals surface area (Å²) in [7, 11) is 0. The van der Waals surface area contributed by atoms with Crippen LogP contribution < -0.4 is 0 Å². The van der Waals surface area contributed by atoms with Gasteiger partial charge >= 0.3 is 5.97 Å². The lowest BCUT2D eigenvalue weighted by molar-refractivity contribution is -0.142. The normalized spacial score (nSPS) is 10.5. The van der Waals surface area contributed by atoms with Crippen molar-refractivity contribution >= 4 is 17.1 Å². The van der Waals surface area contributed by atoms with E-state index < -0.39 is 0 Å². The van der Waals surface area contributed by atoms with E-state index in [1.54, 1.807) is 6.92 Å². The number of hydrogen-bond donors (Lipinski definition) is 1. The molecule has 2 heterocycles. The van der Waals surface area contributed by atoms with E-state index in [4.69, 9.17) is 4.74 Å². The van der Waals surface area contributed by atoms with Gasteiger partial charge in [-0.05, 0) is 6.92 Å². The Kier molecular flexibility index (Phi) is 2.57. The van der Waals surface area contributed by atoms with E-state index in [1.807, 2.05) is 0 Å². The molecule has 2 aromatic heterocycles. The van der Waals surface area contributed by atoms with Gasteiger partial charge in [-0.25, -0.2) is 15.0 Å². The van der Waals surface area contributed by atoms with Gasteiger partial charge in [-0.15, -0.1) is 0 Å². The molecule has 0 fully saturated rings. The molecule has 2 rings (SSSR count). The molecule has 0 spiro atoms. The fourth-order valence-electron chi connectivity index (χ4n) is 1.30. The van der Waals surface area contributed by atoms with E-state index in [0.717, 1.165) is 0 Å². The van der Waals surface area contributed by atoms with Crippen LogP contribution in [0.4, 0.5) is 0 Å². The zero-order chi connectivity index (χ0) is 10.7. The Balaban J connectivity index is 2.27. The summed E-state index contributed by atoms with van der Waals surface area (Å²) >= 11 is 0. The fourth-order valence-corrected chi connectivity index (χ4v) is 1.30. The van der Waals surface area contributed by atoms with Crippen molar-refractivity contribution in [2.24, 2.45) is 0 Å². The van der Waals surface area contributed by atoms with E-state index in [1.165, 1.54) is 12.7 Å². The van der Waals surface area contributed by atoms with E-state index in [2.05, 4.69) is 19.9 Å². The number of ether oxygens (including phenoxy) is 1. The smallest absolute Gasteiger partial charge is 0.311 e. The van der Waals surface area contributed by atoms with E-state index >= 15 is 0 Å². The Bertz CT molecular complexity index is 480. The molecule has 0 radical (unpaired) electrons. The number of fused-ring (bicyclic) bond motifs is 1. The Morgan fingerprint density at radius 3 is 3.13 bits per heavy atom. The summed E-state index contributed by atoms with van der Waals surface area (Å²) in [5, 5.41) is 0. The number of aromatic nitrogens is 4. The predicted octanol–water partition coefficient (Wildman–Crippen LogP) is 0.459. The van der Waals surface area contributed by atoms with E-state index in [0.29, 0.717) is 23.5 Å². The molecule has 0 aliphatic carbocycles. The summed E-state index contributed by atoms with van der Waals surface area (Å²) in [5.74, 6) is -0.299. The number of aromatic amines is 1. The molecular formula is C9H10N4O2. The Morgan fingerprint density at radius 2 is 2.33 bits per heavy atom. The van der Waals surface area contributed by atoms with E-state index in [9.17, 15) is 4.79 Å². The first-order valence-corrected chi connectivity index (χ1v) is 4.60. The maximum Gasteiger partial charge on any atom is 0.311 e. The lowest BCUT2D eigenvalue weighted by Crippen LogP contribution is -2.09. The average Bonchev–Trinajstić information content (AvgIpc) is 2.67. The van der Waals surface area contributed by atoms with Crippen LogP contribution in [0.5, 0.6) is 0 Å². The highest BCUT2D eigenvalue weighted by Gasteiger charge is 2.10. The Labute approximate surface area is 85.7 Å². The van der Waals surface area contributed by atoms with Crippen molar-refractivity contribution in [1.82, 2.24) is 19.9 Å². The number of nitrogens with one attached hydrogen (secondary N) is 1. The molecule has 0 aromatic carbocycles. The third kappa shape index (κ3) is 1.93. The van der Waals surface area contributed by atoms with Crippen LogP contribution >= 0.6 is 0 Å². The maximum absolute atomic E-state index is 11.3. The number of rotatable bonds is 3. The van der Waals surface area contributed by atoms with Gasteiger partial charge in [-0.1, -0.05) is 0 Å². The van der Waals surface area contributed by atoms with Gasteiger partial charge in [0.15, 0.2) is 5.65 Å². The summed E-state index contributed by atoms with van der Waals surface area (Å²) < 4.78 is 4.84. The van der Waals surface area contributed by atoms with Crippen molar-refractivity contribution in [2.45, 2.75) is 13.3 Å². The highest BCUT2D eigenvalue weighted by Crippen LogP contribution is 2.10. The highest BCUT2D eigenvalue weighted by molar-refractivity contribution is 5.79. The molecule has 1 N–H and O–H groups in total. The third-order valence-electron chi connectivity index (χ3n) is 1.92. The monoisotopic (exact) mass is 206 g/mol. The van der Waals surface area contributed by atoms with E-state index in [-0.39, 0.29) is 12.4 Å². The summed E-state index contributed by atoms with van der Waals surface area (Å²) in [5.41, 5.74) is 1.85. The highest BCUT2D eigenvalue weighted by atomic mass is 16.5. The number of esters is 1. The largest absolute Gasteiger partial charge is 0.466 e. The van der Waals surface area contributed by atoms with Gasteiger partial charge in [0.1, 0.15) is 11.8 Å². The molecule has 0 atom stereocenters. The van der Waals surface area contributed by atoms with Crippen LogP contribution in [0.25, 0.3) is 11.2 Å². The first-order valence-electron chi connectivity index (χ1n) is 4.60. The zero-order valence-electron chi connectivity index (χ0n) is 8.23. The average molecular weight is 206 g/mol. The Morgan fingerprint density at radius 1 is 1.47 bits per heavy atom. The topological polar surface area (TPSA) is 80.8 Å². The van der Waals surface area contributed by atoms with Crippen molar-refractivity contribution in [1.29, 1.82) is 0 Å². The number of carbonyl (C=O) groups excluding carboxylic acids is 1. The minimum atomic E-state index is -0.299. The van der Waals surface area contributed by atoms with Gasteiger partial charge in [0.25, 0.3) is 0 Å². The first-order chi connectivity index (χ1) is 7.31. The summed E-state index contributed by atoms with van der Waals surface area (Å²) in [4.78, 5) is 26.1. The number of nitrogens with zero attached hydrogens (tertiary/aromatic N) is 3. The molecule has 78 valence electrons. The molecule has 0 saturated heterocycles. The van der Waals surface area contributed by atoms with Gasteiger partial charge in [0.2, 0.25) is 0 Å². The number of hydrogen-bond acceptors (Lipinski definition) is 5. The maximum atomic E-state index is 11.3. The SMILES string of the molecule is CCOC(=O)Cc1ncnc2nc[nH]c12. The standard InChI is InChI=1S/C9H10N4O2/c1-2-15-7(14)3-6-8-9(12-4-10-6)13-5-11-8/h4-5H,2-3H2,1H3,(H,10,11,12,13). The van der Waals surface area contributed by atoms with Gasteiger partial charge < -0.3 is 9.72 Å². The summed E-state index contributed by atoms with van der Waals surface area (Å²) in [6, 6.07) is 0. The molecule has 0 aliphatic rings. The minimum absolute atomic E-state index is 0.134. The van der Waals surface area contributed by atoms with Crippen molar-refractivity contribution in [3.05, 3.63) is 18.3 Å². The minimum Gasteiger partial charge on any atom is -0.466 e. The van der Waals surface area contributed by atoms with Crippen molar-refractivity contribution < 1.29 is 9.53 Å². The number of H-pyrrole nitrogens is 1. The molecule has 6 nitrogen and oxygen atoms in total. The second-order valence-electron chi connectivity index (χ2n) is 2.90. The first kappa shape index (κ1) is 9.57. The second kappa shape index (κ2) is 4.04. The molecular weight excluding hydrogens is 196 g/mol. The van der Waals surface area contributed by atoms with Crippen LogP contribution in [0.15, 0.2) is 12.7 Å². The lowest BCUT2D eigenvalue weighted by atomic mass is 10.3. The predicted molar refractivity (Wildman–Crippen MR) is 52.0 cm³/mol. The molecule has 6 heteroatoms. The van der Waals surface area contributed by atoms with Crippen LogP contribution in [0.2, 0.25) is 0 Å². The number of carbonyl (C=O) groups is 1. The quantitative estimate of drug-likeness (QED) is 0.738. The van der Waals surface area contributed by atoms with Crippen LogP contribution in [0.1, 0.15) is 12.6 Å². The third-order valence-corrected chi connectivity index (χ3v) is 1.92. The van der Waals surface area contributed by atoms with Crippen molar-refractivity contribution in [3.63, 3.8) is 0 Å². The van der Waals surface area contributed by atoms with Crippen LogP contribution in [0.3, 0.4) is 0 Å². The zero-order valence-corrected chi connectivity index (χ0v) is 8.23. The lowest BCUT2D eigenvalue weighted by Gasteiger charge is -2.01. The van der Waals surface area contributed by atoms with Crippen molar-refractivity contribution in [3.8, 4) is 0 Å². The van der Waals surface area contributed by atoms with Crippen LogP contribution in [0, 0.1) is 0 Å². The van der Waals surface area contributed by atoms with Gasteiger partial charge in [-0.3, -0.25) is 4.79 Å². The van der Waals surface area contributed by atoms with Crippen LogP contribution in [-0.4, -0.2) is 32.5 Å². The van der Waals surface area contributed by atoms with Gasteiger partial charge in [0.05, 0.1) is 25.0 Å². The molecule has 15 heavy (non-hydrogen) atoms. The van der Waals surface area contributed by atoms with Crippen molar-refractivity contribution in [2.75, 3.05) is 6.61 Å². The summed E-state index contributed by atoms with van der Waals surface area (Å²) in [6.45, 7) is 2.14. The van der Waals surface area contributed by atoms with Gasteiger partial charge in [0, 0.05) is 0 Å². The molecule has 0 unspecified atom stereocenters. The molecule has 2 aromatic rings.